The van der Waals surface area contributed by atoms with E-state index in [-0.39, 0.29) is 35.8 Å². The van der Waals surface area contributed by atoms with Crippen LogP contribution < -0.4 is 20.1 Å². The van der Waals surface area contributed by atoms with Gasteiger partial charge in [-0.1, -0.05) is 23.7 Å². The summed E-state index contributed by atoms with van der Waals surface area (Å²) in [6.07, 6.45) is 0. The first-order chi connectivity index (χ1) is 15.9. The van der Waals surface area contributed by atoms with Crippen LogP contribution in [0.15, 0.2) is 53.7 Å². The van der Waals surface area contributed by atoms with Crippen molar-refractivity contribution in [3.05, 3.63) is 69.9 Å². The zero-order valence-electron chi connectivity index (χ0n) is 18.3. The number of carbonyl (C=O) groups excluding carboxylic acids is 3. The van der Waals surface area contributed by atoms with Gasteiger partial charge in [-0.15, -0.1) is 0 Å². The molecule has 10 heteroatoms. The average Bonchev–Trinajstić information content (AvgIpc) is 2.82. The van der Waals surface area contributed by atoms with E-state index in [2.05, 4.69) is 10.6 Å². The van der Waals surface area contributed by atoms with Gasteiger partial charge in [0.25, 0.3) is 0 Å². The molecule has 0 unspecified atom stereocenters. The molecule has 0 aromatic heterocycles. The van der Waals surface area contributed by atoms with Gasteiger partial charge in [0.15, 0.2) is 0 Å². The highest BCUT2D eigenvalue weighted by molar-refractivity contribution is 6.30. The molecule has 2 aromatic rings. The van der Waals surface area contributed by atoms with Crippen LogP contribution in [0.5, 0.6) is 11.5 Å². The Morgan fingerprint density at radius 3 is 2.36 bits per heavy atom. The third kappa shape index (κ3) is 5.56. The topological polar surface area (TPSA) is 112 Å². The van der Waals surface area contributed by atoms with Gasteiger partial charge in [-0.05, 0) is 42.8 Å². The maximum absolute atomic E-state index is 12.8. The van der Waals surface area contributed by atoms with Crippen molar-refractivity contribution in [2.75, 3.05) is 27.4 Å². The summed E-state index contributed by atoms with van der Waals surface area (Å²) in [5.74, 6) is -0.659. The fourth-order valence-electron chi connectivity index (χ4n) is 3.28. The number of methoxy groups -OCH3 is 2. The first kappa shape index (κ1) is 23.9. The molecule has 0 spiro atoms. The van der Waals surface area contributed by atoms with E-state index in [0.29, 0.717) is 16.3 Å². The van der Waals surface area contributed by atoms with Crippen LogP contribution in [0.3, 0.4) is 0 Å². The molecule has 2 aromatic carbocycles. The number of halogens is 1. The second-order valence-corrected chi connectivity index (χ2v) is 7.27. The van der Waals surface area contributed by atoms with Crippen LogP contribution >= 0.6 is 11.6 Å². The van der Waals surface area contributed by atoms with Crippen molar-refractivity contribution in [1.82, 2.24) is 10.6 Å². The van der Waals surface area contributed by atoms with Crippen LogP contribution in [0, 0.1) is 0 Å². The summed E-state index contributed by atoms with van der Waals surface area (Å²) >= 11 is 5.97. The molecule has 174 valence electrons. The Morgan fingerprint density at radius 1 is 1.00 bits per heavy atom. The zero-order valence-corrected chi connectivity index (χ0v) is 19.0. The van der Waals surface area contributed by atoms with Crippen LogP contribution in [0.1, 0.15) is 28.9 Å². The Morgan fingerprint density at radius 2 is 1.73 bits per heavy atom. The highest BCUT2D eigenvalue weighted by Crippen LogP contribution is 2.29. The fraction of sp³-hybridized carbons (Fsp3) is 0.261. The lowest BCUT2D eigenvalue weighted by Gasteiger charge is -2.29. The molecule has 2 N–H and O–H groups in total. The van der Waals surface area contributed by atoms with Crippen molar-refractivity contribution in [2.24, 2.45) is 0 Å². The van der Waals surface area contributed by atoms with Crippen molar-refractivity contribution in [3.8, 4) is 11.5 Å². The van der Waals surface area contributed by atoms with Gasteiger partial charge in [-0.2, -0.15) is 0 Å². The van der Waals surface area contributed by atoms with E-state index >= 15 is 0 Å². The van der Waals surface area contributed by atoms with Gasteiger partial charge >= 0.3 is 18.0 Å². The van der Waals surface area contributed by atoms with Crippen molar-refractivity contribution in [2.45, 2.75) is 13.0 Å². The summed E-state index contributed by atoms with van der Waals surface area (Å²) in [6, 6.07) is 9.95. The van der Waals surface area contributed by atoms with E-state index in [1.165, 1.54) is 20.3 Å². The number of hydrogen-bond acceptors (Lipinski definition) is 7. The van der Waals surface area contributed by atoms with Crippen LogP contribution in [-0.2, 0) is 14.3 Å². The third-order valence-corrected chi connectivity index (χ3v) is 5.08. The smallest absolute Gasteiger partial charge is 0.342 e. The van der Waals surface area contributed by atoms with E-state index in [4.69, 9.17) is 30.5 Å². The molecule has 0 saturated heterocycles. The van der Waals surface area contributed by atoms with Gasteiger partial charge in [0.1, 0.15) is 23.7 Å². The average molecular weight is 475 g/mol. The van der Waals surface area contributed by atoms with Crippen molar-refractivity contribution < 1.29 is 33.3 Å². The summed E-state index contributed by atoms with van der Waals surface area (Å²) in [5.41, 5.74) is 0.955. The normalized spacial score (nSPS) is 15.3. The standard InChI is InChI=1S/C23H23ClN2O7/c1-4-32-22(28)19-17(25-23(29)26-20(19)13-5-7-14(24)8-6-13)12-33-21(27)16-11-15(30-2)9-10-18(16)31-3/h5-11,20H,4,12H2,1-3H3,(H2,25,26,29)/t20-/m0/s1. The molecule has 0 saturated carbocycles. The molecule has 9 nitrogen and oxygen atoms in total. The highest BCUT2D eigenvalue weighted by Gasteiger charge is 2.34. The van der Waals surface area contributed by atoms with Gasteiger partial charge in [0, 0.05) is 5.02 Å². The van der Waals surface area contributed by atoms with Crippen molar-refractivity contribution in [1.29, 1.82) is 0 Å². The minimum Gasteiger partial charge on any atom is -0.497 e. The lowest BCUT2D eigenvalue weighted by atomic mass is 9.95. The molecule has 33 heavy (non-hydrogen) atoms. The fourth-order valence-corrected chi connectivity index (χ4v) is 3.40. The van der Waals surface area contributed by atoms with Gasteiger partial charge < -0.3 is 29.6 Å². The molecule has 1 aliphatic heterocycles. The minimum atomic E-state index is -0.824. The van der Waals surface area contributed by atoms with Crippen LogP contribution in [0.25, 0.3) is 0 Å². The van der Waals surface area contributed by atoms with Crippen LogP contribution in [0.2, 0.25) is 5.02 Å². The lowest BCUT2D eigenvalue weighted by molar-refractivity contribution is -0.139. The Labute approximate surface area is 195 Å². The molecule has 0 fully saturated rings. The minimum absolute atomic E-state index is 0.104. The Balaban J connectivity index is 1.94. The summed E-state index contributed by atoms with van der Waals surface area (Å²) in [7, 11) is 2.89. The number of esters is 2. The number of ether oxygens (including phenoxy) is 4. The maximum Gasteiger partial charge on any atom is 0.342 e. The number of nitrogens with one attached hydrogen (secondary N) is 2. The van der Waals surface area contributed by atoms with Crippen LogP contribution in [0.4, 0.5) is 4.79 Å². The molecule has 1 heterocycles. The van der Waals surface area contributed by atoms with Gasteiger partial charge in [0.05, 0.1) is 38.1 Å². The summed E-state index contributed by atoms with van der Waals surface area (Å²) < 4.78 is 21.0. The Bertz CT molecular complexity index is 1080. The SMILES string of the molecule is CCOC(=O)C1=C(COC(=O)c2cc(OC)ccc2OC)NC(=O)N[C@H]1c1ccc(Cl)cc1. The number of urea groups is 1. The number of rotatable bonds is 8. The second-order valence-electron chi connectivity index (χ2n) is 6.84. The van der Waals surface area contributed by atoms with Gasteiger partial charge in [-0.25, -0.2) is 14.4 Å². The number of benzene rings is 2. The Kier molecular flexibility index (Phi) is 7.78. The number of hydrogen-bond donors (Lipinski definition) is 2. The predicted octanol–water partition coefficient (Wildman–Crippen LogP) is 3.39. The summed E-state index contributed by atoms with van der Waals surface area (Å²) in [5, 5.41) is 5.74. The van der Waals surface area contributed by atoms with Crippen molar-refractivity contribution in [3.63, 3.8) is 0 Å². The molecular formula is C23H23ClN2O7. The summed E-state index contributed by atoms with van der Waals surface area (Å²) in [4.78, 5) is 37.9. The molecule has 0 radical (unpaired) electrons. The van der Waals surface area contributed by atoms with Crippen LogP contribution in [-0.4, -0.2) is 45.4 Å². The van der Waals surface area contributed by atoms with E-state index in [9.17, 15) is 14.4 Å². The van der Waals surface area contributed by atoms with E-state index in [1.807, 2.05) is 0 Å². The van der Waals surface area contributed by atoms with E-state index in [0.717, 1.165) is 0 Å². The monoisotopic (exact) mass is 474 g/mol. The number of carbonyl (C=O) groups is 3. The molecular weight excluding hydrogens is 452 g/mol. The first-order valence-corrected chi connectivity index (χ1v) is 10.4. The maximum atomic E-state index is 12.8. The quantitative estimate of drug-likeness (QED) is 0.564. The third-order valence-electron chi connectivity index (χ3n) is 4.83. The van der Waals surface area contributed by atoms with Gasteiger partial charge in [0.2, 0.25) is 0 Å². The molecule has 3 rings (SSSR count). The first-order valence-electron chi connectivity index (χ1n) is 10.00. The highest BCUT2D eigenvalue weighted by atomic mass is 35.5. The van der Waals surface area contributed by atoms with Gasteiger partial charge in [-0.3, -0.25) is 0 Å². The Hall–Kier alpha value is -3.72. The van der Waals surface area contributed by atoms with E-state index < -0.39 is 24.0 Å². The molecule has 0 aliphatic carbocycles. The molecule has 0 bridgehead atoms. The predicted molar refractivity (Wildman–Crippen MR) is 119 cm³/mol. The molecule has 1 atom stereocenters. The number of amides is 2. The zero-order chi connectivity index (χ0) is 24.0. The second kappa shape index (κ2) is 10.7. The van der Waals surface area contributed by atoms with E-state index in [1.54, 1.807) is 43.3 Å². The summed E-state index contributed by atoms with van der Waals surface area (Å²) in [6.45, 7) is 1.40. The molecule has 2 amide bonds. The lowest BCUT2D eigenvalue weighted by Crippen LogP contribution is -2.47. The van der Waals surface area contributed by atoms with Crippen molar-refractivity contribution >= 4 is 29.6 Å². The largest absolute Gasteiger partial charge is 0.497 e. The molecule has 1 aliphatic rings.